The summed E-state index contributed by atoms with van der Waals surface area (Å²) in [4.78, 5) is 9.62. The van der Waals surface area contributed by atoms with Gasteiger partial charge in [-0.2, -0.15) is 0 Å². The molecule has 5 heteroatoms. The zero-order chi connectivity index (χ0) is 18.1. The molecule has 0 spiro atoms. The smallest absolute Gasteiger partial charge is 0.124 e. The van der Waals surface area contributed by atoms with Crippen molar-refractivity contribution in [3.8, 4) is 5.75 Å². The minimum absolute atomic E-state index is 0.155. The molecule has 26 heavy (non-hydrogen) atoms. The van der Waals surface area contributed by atoms with Crippen molar-refractivity contribution in [1.82, 2.24) is 0 Å². The number of phenolic OH excluding ortho intramolecular Hbond substituents is 1. The summed E-state index contributed by atoms with van der Waals surface area (Å²) in [5.41, 5.74) is 4.84. The number of halogens is 2. The monoisotopic (exact) mass is 424 g/mol. The maximum absolute atomic E-state index is 10.3. The fourth-order valence-corrected chi connectivity index (χ4v) is 3.32. The number of hydrogen-bond acceptors (Lipinski definition) is 3. The summed E-state index contributed by atoms with van der Waals surface area (Å²) in [5.74, 6) is 0.155. The number of aliphatic imine (C=N–C) groups is 2. The van der Waals surface area contributed by atoms with E-state index in [0.717, 1.165) is 32.8 Å². The van der Waals surface area contributed by atoms with E-state index in [9.17, 15) is 5.11 Å². The van der Waals surface area contributed by atoms with E-state index in [0.29, 0.717) is 17.0 Å². The predicted octanol–water partition coefficient (Wildman–Crippen LogP) is 6.45. The third-order valence-corrected chi connectivity index (χ3v) is 4.94. The number of phenols is 1. The highest BCUT2D eigenvalue weighted by atomic mass is 79.9. The summed E-state index contributed by atoms with van der Waals surface area (Å²) in [6.07, 6.45) is 0.490. The number of nitrogens with zero attached hydrogens (tertiary/aromatic N) is 2. The van der Waals surface area contributed by atoms with Crippen LogP contribution in [0.4, 0.5) is 11.4 Å². The van der Waals surface area contributed by atoms with Gasteiger partial charge >= 0.3 is 0 Å². The maximum Gasteiger partial charge on any atom is 0.124 e. The summed E-state index contributed by atoms with van der Waals surface area (Å²) in [5, 5.41) is 10.9. The zero-order valence-electron chi connectivity index (χ0n) is 13.7. The molecule has 3 aromatic rings. The van der Waals surface area contributed by atoms with Crippen molar-refractivity contribution >= 4 is 50.3 Å². The molecule has 128 valence electrons. The summed E-state index contributed by atoms with van der Waals surface area (Å²) in [6, 6.07) is 20.7. The van der Waals surface area contributed by atoms with E-state index in [-0.39, 0.29) is 5.75 Å². The van der Waals surface area contributed by atoms with Crippen LogP contribution in [0.5, 0.6) is 5.75 Å². The van der Waals surface area contributed by atoms with Crippen LogP contribution in [0.15, 0.2) is 81.2 Å². The second kappa shape index (κ2) is 7.06. The molecule has 0 aromatic heterocycles. The van der Waals surface area contributed by atoms with Crippen molar-refractivity contribution in [1.29, 1.82) is 0 Å². The lowest BCUT2D eigenvalue weighted by atomic mass is 9.99. The summed E-state index contributed by atoms with van der Waals surface area (Å²) >= 11 is 9.61. The molecule has 0 radical (unpaired) electrons. The molecule has 0 saturated heterocycles. The molecule has 1 aliphatic heterocycles. The summed E-state index contributed by atoms with van der Waals surface area (Å²) in [7, 11) is 0. The minimum atomic E-state index is 0.155. The first-order valence-corrected chi connectivity index (χ1v) is 9.26. The molecule has 4 rings (SSSR count). The number of fused-ring (bicyclic) bond motifs is 1. The number of benzene rings is 3. The lowest BCUT2D eigenvalue weighted by Gasteiger charge is -2.10. The van der Waals surface area contributed by atoms with Crippen LogP contribution in [0.3, 0.4) is 0 Å². The minimum Gasteiger partial charge on any atom is -0.507 e. The van der Waals surface area contributed by atoms with Crippen LogP contribution in [-0.2, 0) is 0 Å². The van der Waals surface area contributed by atoms with E-state index in [1.807, 2.05) is 48.5 Å². The molecule has 0 bridgehead atoms. The van der Waals surface area contributed by atoms with Crippen molar-refractivity contribution in [2.24, 2.45) is 9.98 Å². The third-order valence-electron chi connectivity index (χ3n) is 4.17. The molecule has 0 amide bonds. The molecular formula is C21H14BrClN2O. The van der Waals surface area contributed by atoms with Gasteiger partial charge < -0.3 is 5.11 Å². The summed E-state index contributed by atoms with van der Waals surface area (Å²) in [6.45, 7) is 0. The van der Waals surface area contributed by atoms with Crippen molar-refractivity contribution in [2.75, 3.05) is 0 Å². The van der Waals surface area contributed by atoms with Crippen LogP contribution in [0.1, 0.15) is 17.5 Å². The van der Waals surface area contributed by atoms with Crippen molar-refractivity contribution in [3.05, 3.63) is 87.4 Å². The van der Waals surface area contributed by atoms with Gasteiger partial charge in [0.05, 0.1) is 22.8 Å². The number of para-hydroxylation sites is 2. The number of aromatic hydroxyl groups is 1. The molecule has 0 saturated carbocycles. The predicted molar refractivity (Wildman–Crippen MR) is 111 cm³/mol. The normalized spacial score (nSPS) is 13.5. The van der Waals surface area contributed by atoms with E-state index >= 15 is 0 Å². The summed E-state index contributed by atoms with van der Waals surface area (Å²) < 4.78 is 1.01. The van der Waals surface area contributed by atoms with Gasteiger partial charge in [0.25, 0.3) is 0 Å². The van der Waals surface area contributed by atoms with Gasteiger partial charge in [0.2, 0.25) is 0 Å². The van der Waals surface area contributed by atoms with Gasteiger partial charge in [-0.05, 0) is 48.0 Å². The van der Waals surface area contributed by atoms with Gasteiger partial charge in [0.1, 0.15) is 5.75 Å². The van der Waals surface area contributed by atoms with Crippen molar-refractivity contribution < 1.29 is 5.11 Å². The first kappa shape index (κ1) is 17.0. The Morgan fingerprint density at radius 1 is 0.846 bits per heavy atom. The Labute approximate surface area is 164 Å². The average Bonchev–Trinajstić information content (AvgIpc) is 2.84. The Balaban J connectivity index is 1.89. The van der Waals surface area contributed by atoms with Gasteiger partial charge in [-0.15, -0.1) is 0 Å². The van der Waals surface area contributed by atoms with Crippen LogP contribution >= 0.6 is 27.5 Å². The Hall–Kier alpha value is -2.43. The fraction of sp³-hybridized carbons (Fsp3) is 0.0476. The van der Waals surface area contributed by atoms with Gasteiger partial charge in [0.15, 0.2) is 0 Å². The molecule has 0 aliphatic carbocycles. The number of hydrogen-bond donors (Lipinski definition) is 1. The van der Waals surface area contributed by atoms with E-state index in [4.69, 9.17) is 21.6 Å². The van der Waals surface area contributed by atoms with Crippen LogP contribution in [-0.4, -0.2) is 16.5 Å². The first-order valence-electron chi connectivity index (χ1n) is 8.09. The molecule has 0 atom stereocenters. The largest absolute Gasteiger partial charge is 0.507 e. The molecule has 1 heterocycles. The zero-order valence-corrected chi connectivity index (χ0v) is 16.0. The highest BCUT2D eigenvalue weighted by Crippen LogP contribution is 2.34. The van der Waals surface area contributed by atoms with Gasteiger partial charge in [-0.3, -0.25) is 9.98 Å². The SMILES string of the molecule is Oc1ccc(Cl)cc1C1=Nc2ccccc2N=C(c2ccc(Br)cc2)C1. The van der Waals surface area contributed by atoms with Crippen LogP contribution in [0.2, 0.25) is 5.02 Å². The number of rotatable bonds is 2. The van der Waals surface area contributed by atoms with E-state index in [2.05, 4.69) is 15.9 Å². The third kappa shape index (κ3) is 3.43. The lowest BCUT2D eigenvalue weighted by molar-refractivity contribution is 0.474. The first-order chi connectivity index (χ1) is 12.6. The van der Waals surface area contributed by atoms with Crippen LogP contribution in [0.25, 0.3) is 0 Å². The Morgan fingerprint density at radius 2 is 1.50 bits per heavy atom. The average molecular weight is 426 g/mol. The Kier molecular flexibility index (Phi) is 4.62. The highest BCUT2D eigenvalue weighted by Gasteiger charge is 2.18. The van der Waals surface area contributed by atoms with Crippen molar-refractivity contribution in [2.45, 2.75) is 6.42 Å². The maximum atomic E-state index is 10.3. The van der Waals surface area contributed by atoms with Crippen LogP contribution in [0, 0.1) is 0 Å². The molecule has 1 aliphatic rings. The van der Waals surface area contributed by atoms with E-state index < -0.39 is 0 Å². The Bertz CT molecular complexity index is 1040. The second-order valence-corrected chi connectivity index (χ2v) is 7.30. The van der Waals surface area contributed by atoms with Crippen molar-refractivity contribution in [3.63, 3.8) is 0 Å². The molecular weight excluding hydrogens is 412 g/mol. The highest BCUT2D eigenvalue weighted by molar-refractivity contribution is 9.10. The Morgan fingerprint density at radius 3 is 2.19 bits per heavy atom. The molecule has 3 nitrogen and oxygen atoms in total. The standard InChI is InChI=1S/C21H14BrClN2O/c22-14-7-5-13(6-8-14)19-12-20(16-11-15(23)9-10-21(16)26)25-18-4-2-1-3-17(18)24-19/h1-11,26H,12H2. The van der Waals surface area contributed by atoms with Gasteiger partial charge in [-0.25, -0.2) is 0 Å². The lowest BCUT2D eigenvalue weighted by Crippen LogP contribution is -2.10. The second-order valence-electron chi connectivity index (χ2n) is 5.95. The molecule has 1 N–H and O–H groups in total. The molecule has 0 unspecified atom stereocenters. The molecule has 0 fully saturated rings. The molecule has 3 aromatic carbocycles. The van der Waals surface area contributed by atoms with Crippen LogP contribution < -0.4 is 0 Å². The van der Waals surface area contributed by atoms with Gasteiger partial charge in [-0.1, -0.05) is 51.8 Å². The van der Waals surface area contributed by atoms with E-state index in [1.165, 1.54) is 0 Å². The quantitative estimate of drug-likeness (QED) is 0.503. The fourth-order valence-electron chi connectivity index (χ4n) is 2.89. The van der Waals surface area contributed by atoms with Gasteiger partial charge in [0, 0.05) is 21.5 Å². The van der Waals surface area contributed by atoms with E-state index in [1.54, 1.807) is 18.2 Å². The topological polar surface area (TPSA) is 45.0 Å².